The van der Waals surface area contributed by atoms with Crippen LogP contribution in [0.25, 0.3) is 0 Å². The molecule has 0 bridgehead atoms. The van der Waals surface area contributed by atoms with Crippen molar-refractivity contribution in [1.29, 1.82) is 0 Å². The Morgan fingerprint density at radius 1 is 1.16 bits per heavy atom. The van der Waals surface area contributed by atoms with Gasteiger partial charge in [-0.25, -0.2) is 9.78 Å². The van der Waals surface area contributed by atoms with E-state index in [0.717, 1.165) is 23.6 Å². The highest BCUT2D eigenvalue weighted by molar-refractivity contribution is 5.74. The van der Waals surface area contributed by atoms with E-state index in [1.54, 1.807) is 6.20 Å². The van der Waals surface area contributed by atoms with Crippen LogP contribution in [0.2, 0.25) is 0 Å². The summed E-state index contributed by atoms with van der Waals surface area (Å²) in [4.78, 5) is 18.7. The second kappa shape index (κ2) is 6.80. The maximum Gasteiger partial charge on any atom is 0.318 e. The monoisotopic (exact) mass is 336 g/mol. The van der Waals surface area contributed by atoms with Gasteiger partial charge in [-0.1, -0.05) is 30.3 Å². The third-order valence-corrected chi connectivity index (χ3v) is 4.40. The van der Waals surface area contributed by atoms with Crippen LogP contribution in [0.15, 0.2) is 55.0 Å². The van der Waals surface area contributed by atoms with Gasteiger partial charge >= 0.3 is 6.03 Å². The summed E-state index contributed by atoms with van der Waals surface area (Å²) in [5.41, 5.74) is 2.21. The molecule has 0 fully saturated rings. The molecule has 2 amide bonds. The predicted octanol–water partition coefficient (Wildman–Crippen LogP) is 1.85. The van der Waals surface area contributed by atoms with Crippen molar-refractivity contribution in [2.24, 2.45) is 0 Å². The second-order valence-corrected chi connectivity index (χ2v) is 6.09. The third-order valence-electron chi connectivity index (χ3n) is 4.40. The Bertz CT molecular complexity index is 840. The third kappa shape index (κ3) is 3.40. The lowest BCUT2D eigenvalue weighted by Crippen LogP contribution is -2.44. The molecule has 7 nitrogen and oxygen atoms in total. The highest BCUT2D eigenvalue weighted by Crippen LogP contribution is 2.15. The molecule has 1 aliphatic heterocycles. The number of hydrogen-bond acceptors (Lipinski definition) is 3. The number of carbonyl (C=O) groups excluding carboxylic acids is 1. The van der Waals surface area contributed by atoms with Crippen molar-refractivity contribution in [3.05, 3.63) is 72.1 Å². The summed E-state index contributed by atoms with van der Waals surface area (Å²) in [6, 6.07) is 11.8. The average molecular weight is 336 g/mol. The molecule has 3 aromatic rings. The Morgan fingerprint density at radius 2 is 2.04 bits per heavy atom. The van der Waals surface area contributed by atoms with Gasteiger partial charge in [-0.2, -0.15) is 5.10 Å². The maximum atomic E-state index is 12.4. The SMILES string of the molecule is O=C(NCc1ccccc1)N1CCn2c(Cn3cccn3)cnc2C1. The van der Waals surface area contributed by atoms with E-state index in [1.165, 1.54) is 0 Å². The molecule has 3 heterocycles. The van der Waals surface area contributed by atoms with Crippen molar-refractivity contribution in [2.75, 3.05) is 6.54 Å². The highest BCUT2D eigenvalue weighted by atomic mass is 16.2. The second-order valence-electron chi connectivity index (χ2n) is 6.09. The van der Waals surface area contributed by atoms with Crippen molar-refractivity contribution in [2.45, 2.75) is 26.2 Å². The lowest BCUT2D eigenvalue weighted by Gasteiger charge is -2.28. The van der Waals surface area contributed by atoms with Gasteiger partial charge in [-0.15, -0.1) is 0 Å². The number of nitrogens with zero attached hydrogens (tertiary/aromatic N) is 5. The molecular weight excluding hydrogens is 316 g/mol. The number of hydrogen-bond donors (Lipinski definition) is 1. The molecule has 25 heavy (non-hydrogen) atoms. The van der Waals surface area contributed by atoms with Crippen LogP contribution in [-0.2, 0) is 26.2 Å². The molecule has 2 aromatic heterocycles. The zero-order chi connectivity index (χ0) is 17.1. The number of amides is 2. The van der Waals surface area contributed by atoms with E-state index >= 15 is 0 Å². The number of aromatic nitrogens is 4. The summed E-state index contributed by atoms with van der Waals surface area (Å²) in [6.45, 7) is 3.19. The molecule has 1 N–H and O–H groups in total. The van der Waals surface area contributed by atoms with E-state index in [0.29, 0.717) is 26.2 Å². The predicted molar refractivity (Wildman–Crippen MR) is 92.6 cm³/mol. The molecule has 0 saturated heterocycles. The molecule has 4 rings (SSSR count). The van der Waals surface area contributed by atoms with Crippen molar-refractivity contribution >= 4 is 6.03 Å². The molecule has 0 atom stereocenters. The summed E-state index contributed by atoms with van der Waals surface area (Å²) in [6.07, 6.45) is 5.58. The van der Waals surface area contributed by atoms with Gasteiger partial charge in [0.25, 0.3) is 0 Å². The highest BCUT2D eigenvalue weighted by Gasteiger charge is 2.23. The summed E-state index contributed by atoms with van der Waals surface area (Å²) in [7, 11) is 0. The van der Waals surface area contributed by atoms with Gasteiger partial charge in [-0.05, 0) is 11.6 Å². The Morgan fingerprint density at radius 3 is 2.84 bits per heavy atom. The lowest BCUT2D eigenvalue weighted by molar-refractivity contribution is 0.181. The lowest BCUT2D eigenvalue weighted by atomic mass is 10.2. The summed E-state index contributed by atoms with van der Waals surface area (Å²) < 4.78 is 4.06. The first-order chi connectivity index (χ1) is 12.3. The Kier molecular flexibility index (Phi) is 4.20. The molecule has 7 heteroatoms. The largest absolute Gasteiger partial charge is 0.334 e. The molecule has 0 unspecified atom stereocenters. The number of benzene rings is 1. The first-order valence-electron chi connectivity index (χ1n) is 8.37. The first kappa shape index (κ1) is 15.4. The number of nitrogens with one attached hydrogen (secondary N) is 1. The van der Waals surface area contributed by atoms with Crippen molar-refractivity contribution in [1.82, 2.24) is 29.5 Å². The van der Waals surface area contributed by atoms with E-state index in [2.05, 4.69) is 20.0 Å². The van der Waals surface area contributed by atoms with Crippen LogP contribution in [0, 0.1) is 0 Å². The normalized spacial score (nSPS) is 13.5. The van der Waals surface area contributed by atoms with Gasteiger partial charge in [0.15, 0.2) is 0 Å². The van der Waals surface area contributed by atoms with Gasteiger partial charge in [0.1, 0.15) is 5.82 Å². The van der Waals surface area contributed by atoms with Gasteiger partial charge < -0.3 is 14.8 Å². The number of fused-ring (bicyclic) bond motifs is 1. The number of urea groups is 1. The van der Waals surface area contributed by atoms with Crippen LogP contribution in [-0.4, -0.2) is 36.8 Å². The smallest absolute Gasteiger partial charge is 0.318 e. The van der Waals surface area contributed by atoms with Crippen molar-refractivity contribution < 1.29 is 4.79 Å². The van der Waals surface area contributed by atoms with Gasteiger partial charge in [-0.3, -0.25) is 4.68 Å². The minimum Gasteiger partial charge on any atom is -0.334 e. The Hall–Kier alpha value is -3.09. The summed E-state index contributed by atoms with van der Waals surface area (Å²) in [5.74, 6) is 0.920. The van der Waals surface area contributed by atoms with Crippen LogP contribution >= 0.6 is 0 Å². The fourth-order valence-corrected chi connectivity index (χ4v) is 3.07. The van der Waals surface area contributed by atoms with Crippen molar-refractivity contribution in [3.8, 4) is 0 Å². The van der Waals surface area contributed by atoms with Gasteiger partial charge in [0.05, 0.1) is 25.0 Å². The van der Waals surface area contributed by atoms with Crippen molar-refractivity contribution in [3.63, 3.8) is 0 Å². The number of imidazole rings is 1. The van der Waals surface area contributed by atoms with Crippen LogP contribution in [0.5, 0.6) is 0 Å². The standard InChI is InChI=1S/C18H20N6O/c25-18(20-11-15-5-2-1-3-6-15)22-9-10-24-16(12-19-17(24)14-22)13-23-8-4-7-21-23/h1-8,12H,9-11,13-14H2,(H,20,25). The number of rotatable bonds is 4. The topological polar surface area (TPSA) is 68.0 Å². The fourth-order valence-electron chi connectivity index (χ4n) is 3.07. The maximum absolute atomic E-state index is 12.4. The molecule has 0 aliphatic carbocycles. The number of carbonyl (C=O) groups is 1. The zero-order valence-electron chi connectivity index (χ0n) is 13.9. The minimum absolute atomic E-state index is 0.0493. The summed E-state index contributed by atoms with van der Waals surface area (Å²) in [5, 5.41) is 7.22. The van der Waals surface area contributed by atoms with Crippen LogP contribution in [0.3, 0.4) is 0 Å². The molecular formula is C18H20N6O. The van der Waals surface area contributed by atoms with Crippen LogP contribution in [0.1, 0.15) is 17.1 Å². The van der Waals surface area contributed by atoms with E-state index in [4.69, 9.17) is 0 Å². The van der Waals surface area contributed by atoms with E-state index in [-0.39, 0.29) is 6.03 Å². The Balaban J connectivity index is 1.38. The molecule has 128 valence electrons. The average Bonchev–Trinajstić information content (AvgIpc) is 3.31. The van der Waals surface area contributed by atoms with Gasteiger partial charge in [0.2, 0.25) is 0 Å². The Labute approximate surface area is 145 Å². The molecule has 0 spiro atoms. The van der Waals surface area contributed by atoms with E-state index in [1.807, 2.05) is 58.4 Å². The molecule has 1 aromatic carbocycles. The van der Waals surface area contributed by atoms with Crippen LogP contribution < -0.4 is 5.32 Å². The molecule has 1 aliphatic rings. The first-order valence-corrected chi connectivity index (χ1v) is 8.37. The molecule has 0 saturated carbocycles. The minimum atomic E-state index is -0.0493. The quantitative estimate of drug-likeness (QED) is 0.791. The van der Waals surface area contributed by atoms with E-state index < -0.39 is 0 Å². The molecule has 0 radical (unpaired) electrons. The van der Waals surface area contributed by atoms with E-state index in [9.17, 15) is 4.79 Å². The zero-order valence-corrected chi connectivity index (χ0v) is 13.9. The fraction of sp³-hybridized carbons (Fsp3) is 0.278. The summed E-state index contributed by atoms with van der Waals surface area (Å²) >= 11 is 0. The van der Waals surface area contributed by atoms with Crippen LogP contribution in [0.4, 0.5) is 4.79 Å². The van der Waals surface area contributed by atoms with Gasteiger partial charge in [0, 0.05) is 32.0 Å².